The Morgan fingerprint density at radius 2 is 1.68 bits per heavy atom. The molecule has 6 nitrogen and oxygen atoms in total. The molecule has 2 aliphatic rings. The van der Waals surface area contributed by atoms with Gasteiger partial charge in [-0.2, -0.15) is 0 Å². The molecular formula is C19H31N3O3. The summed E-state index contributed by atoms with van der Waals surface area (Å²) < 4.78 is 0. The molecule has 1 atom stereocenters. The van der Waals surface area contributed by atoms with Crippen molar-refractivity contribution < 1.29 is 14.4 Å². The molecule has 0 saturated carbocycles. The summed E-state index contributed by atoms with van der Waals surface area (Å²) in [6.07, 6.45) is 4.56. The minimum absolute atomic E-state index is 0.0223. The second-order valence-electron chi connectivity index (χ2n) is 8.15. The van der Waals surface area contributed by atoms with Crippen LogP contribution in [0.1, 0.15) is 46.5 Å². The number of piperidine rings is 2. The van der Waals surface area contributed by atoms with Gasteiger partial charge in [-0.3, -0.25) is 14.4 Å². The summed E-state index contributed by atoms with van der Waals surface area (Å²) in [6, 6.07) is 0.0341. The van der Waals surface area contributed by atoms with Crippen molar-refractivity contribution >= 4 is 17.7 Å². The van der Waals surface area contributed by atoms with Crippen molar-refractivity contribution in [2.45, 2.75) is 52.5 Å². The van der Waals surface area contributed by atoms with Gasteiger partial charge in [-0.15, -0.1) is 0 Å². The van der Waals surface area contributed by atoms with Crippen LogP contribution in [0.15, 0.2) is 12.7 Å². The number of likely N-dealkylation sites (tertiary alicyclic amines) is 2. The maximum absolute atomic E-state index is 12.8. The van der Waals surface area contributed by atoms with E-state index in [1.807, 2.05) is 25.7 Å². The number of nitrogens with zero attached hydrogens (tertiary/aromatic N) is 2. The molecule has 0 bridgehead atoms. The van der Waals surface area contributed by atoms with E-state index in [2.05, 4.69) is 11.9 Å². The van der Waals surface area contributed by atoms with E-state index in [0.717, 1.165) is 19.4 Å². The lowest BCUT2D eigenvalue weighted by Crippen LogP contribution is -2.53. The zero-order valence-corrected chi connectivity index (χ0v) is 15.7. The number of carbonyl (C=O) groups is 3. The fourth-order valence-corrected chi connectivity index (χ4v) is 3.43. The van der Waals surface area contributed by atoms with Crippen LogP contribution in [0.5, 0.6) is 0 Å². The SMILES string of the molecule is C=CC(=O)N1CCC(C(=O)N2CCCC(NC(=O)C(C)(C)C)C2)CC1. The van der Waals surface area contributed by atoms with Gasteiger partial charge in [0.25, 0.3) is 0 Å². The Balaban J connectivity index is 1.87. The van der Waals surface area contributed by atoms with E-state index >= 15 is 0 Å². The lowest BCUT2D eigenvalue weighted by molar-refractivity contribution is -0.141. The topological polar surface area (TPSA) is 69.7 Å². The van der Waals surface area contributed by atoms with Crippen molar-refractivity contribution in [2.75, 3.05) is 26.2 Å². The summed E-state index contributed by atoms with van der Waals surface area (Å²) >= 11 is 0. The van der Waals surface area contributed by atoms with Gasteiger partial charge in [0.2, 0.25) is 17.7 Å². The summed E-state index contributed by atoms with van der Waals surface area (Å²) in [5.74, 6) is 0.114. The van der Waals surface area contributed by atoms with Crippen molar-refractivity contribution in [3.05, 3.63) is 12.7 Å². The van der Waals surface area contributed by atoms with Gasteiger partial charge in [0.05, 0.1) is 0 Å². The Morgan fingerprint density at radius 3 is 2.24 bits per heavy atom. The Bertz CT molecular complexity index is 531. The van der Waals surface area contributed by atoms with Gasteiger partial charge >= 0.3 is 0 Å². The van der Waals surface area contributed by atoms with Crippen molar-refractivity contribution in [1.29, 1.82) is 0 Å². The smallest absolute Gasteiger partial charge is 0.245 e. The zero-order valence-electron chi connectivity index (χ0n) is 15.7. The van der Waals surface area contributed by atoms with E-state index in [1.165, 1.54) is 6.08 Å². The molecule has 0 aromatic rings. The van der Waals surface area contributed by atoms with Crippen molar-refractivity contribution in [1.82, 2.24) is 15.1 Å². The molecule has 2 heterocycles. The molecule has 2 fully saturated rings. The van der Waals surface area contributed by atoms with E-state index < -0.39 is 5.41 Å². The first-order chi connectivity index (χ1) is 11.7. The summed E-state index contributed by atoms with van der Waals surface area (Å²) in [5.41, 5.74) is -0.420. The number of amides is 3. The van der Waals surface area contributed by atoms with Crippen LogP contribution >= 0.6 is 0 Å². The molecule has 3 amide bonds. The molecule has 1 unspecified atom stereocenters. The highest BCUT2D eigenvalue weighted by atomic mass is 16.2. The average Bonchev–Trinajstić information content (AvgIpc) is 2.60. The van der Waals surface area contributed by atoms with Crippen molar-refractivity contribution in [3.63, 3.8) is 0 Å². The van der Waals surface area contributed by atoms with Gasteiger partial charge in [0.15, 0.2) is 0 Å². The fourth-order valence-electron chi connectivity index (χ4n) is 3.43. The Kier molecular flexibility index (Phi) is 6.25. The van der Waals surface area contributed by atoms with Gasteiger partial charge in [-0.25, -0.2) is 0 Å². The minimum atomic E-state index is -0.420. The predicted molar refractivity (Wildman–Crippen MR) is 96.7 cm³/mol. The largest absolute Gasteiger partial charge is 0.351 e. The summed E-state index contributed by atoms with van der Waals surface area (Å²) in [4.78, 5) is 40.3. The normalized spacial score (nSPS) is 22.4. The second kappa shape index (κ2) is 8.02. The second-order valence-corrected chi connectivity index (χ2v) is 8.15. The molecule has 2 rings (SSSR count). The molecular weight excluding hydrogens is 318 g/mol. The van der Waals surface area contributed by atoms with Crippen LogP contribution in [0.4, 0.5) is 0 Å². The first-order valence-corrected chi connectivity index (χ1v) is 9.23. The molecule has 0 radical (unpaired) electrons. The third kappa shape index (κ3) is 5.06. The lowest BCUT2D eigenvalue weighted by atomic mass is 9.92. The van der Waals surface area contributed by atoms with Crippen molar-refractivity contribution in [2.24, 2.45) is 11.3 Å². The first-order valence-electron chi connectivity index (χ1n) is 9.23. The molecule has 140 valence electrons. The first kappa shape index (κ1) is 19.5. The molecule has 0 spiro atoms. The van der Waals surface area contributed by atoms with Gasteiger partial charge in [-0.1, -0.05) is 27.4 Å². The summed E-state index contributed by atoms with van der Waals surface area (Å²) in [6.45, 7) is 11.8. The van der Waals surface area contributed by atoms with E-state index in [0.29, 0.717) is 32.5 Å². The van der Waals surface area contributed by atoms with Gasteiger partial charge in [0.1, 0.15) is 0 Å². The number of nitrogens with one attached hydrogen (secondary N) is 1. The van der Waals surface area contributed by atoms with Gasteiger partial charge in [0, 0.05) is 43.6 Å². The fraction of sp³-hybridized carbons (Fsp3) is 0.737. The Morgan fingerprint density at radius 1 is 1.04 bits per heavy atom. The van der Waals surface area contributed by atoms with Crippen LogP contribution in [-0.2, 0) is 14.4 Å². The third-order valence-corrected chi connectivity index (χ3v) is 5.08. The third-order valence-electron chi connectivity index (χ3n) is 5.08. The highest BCUT2D eigenvalue weighted by Crippen LogP contribution is 2.23. The quantitative estimate of drug-likeness (QED) is 0.786. The molecule has 2 aliphatic heterocycles. The van der Waals surface area contributed by atoms with E-state index in [4.69, 9.17) is 0 Å². The molecule has 25 heavy (non-hydrogen) atoms. The maximum Gasteiger partial charge on any atom is 0.245 e. The van der Waals surface area contributed by atoms with Crippen LogP contribution in [-0.4, -0.2) is 59.7 Å². The van der Waals surface area contributed by atoms with E-state index in [1.54, 1.807) is 4.90 Å². The predicted octanol–water partition coefficient (Wildman–Crippen LogP) is 1.56. The number of carbonyl (C=O) groups excluding carboxylic acids is 3. The lowest BCUT2D eigenvalue weighted by Gasteiger charge is -2.38. The highest BCUT2D eigenvalue weighted by Gasteiger charge is 2.33. The Hall–Kier alpha value is -1.85. The molecule has 0 aliphatic carbocycles. The average molecular weight is 349 g/mol. The van der Waals surface area contributed by atoms with Crippen LogP contribution in [0.25, 0.3) is 0 Å². The minimum Gasteiger partial charge on any atom is -0.351 e. The maximum atomic E-state index is 12.8. The number of rotatable bonds is 3. The zero-order chi connectivity index (χ0) is 18.6. The van der Waals surface area contributed by atoms with E-state index in [-0.39, 0.29) is 29.7 Å². The molecule has 0 aromatic heterocycles. The van der Waals surface area contributed by atoms with Crippen molar-refractivity contribution in [3.8, 4) is 0 Å². The highest BCUT2D eigenvalue weighted by molar-refractivity contribution is 5.87. The summed E-state index contributed by atoms with van der Waals surface area (Å²) in [7, 11) is 0. The van der Waals surface area contributed by atoms with Crippen LogP contribution in [0, 0.1) is 11.3 Å². The monoisotopic (exact) mass is 349 g/mol. The number of hydrogen-bond acceptors (Lipinski definition) is 3. The van der Waals surface area contributed by atoms with Gasteiger partial charge < -0.3 is 15.1 Å². The standard InChI is InChI=1S/C19H31N3O3/c1-5-16(23)21-11-8-14(9-12-21)17(24)22-10-6-7-15(13-22)20-18(25)19(2,3)4/h5,14-15H,1,6-13H2,2-4H3,(H,20,25). The van der Waals surface area contributed by atoms with Crippen LogP contribution < -0.4 is 5.32 Å². The Labute approximate surface area is 150 Å². The van der Waals surface area contributed by atoms with Crippen LogP contribution in [0.2, 0.25) is 0 Å². The van der Waals surface area contributed by atoms with Gasteiger partial charge in [-0.05, 0) is 31.8 Å². The molecule has 1 N–H and O–H groups in total. The number of hydrogen-bond donors (Lipinski definition) is 1. The molecule has 6 heteroatoms. The van der Waals surface area contributed by atoms with Crippen LogP contribution in [0.3, 0.4) is 0 Å². The molecule has 2 saturated heterocycles. The summed E-state index contributed by atoms with van der Waals surface area (Å²) in [5, 5.41) is 3.08. The molecule has 0 aromatic carbocycles. The van der Waals surface area contributed by atoms with E-state index in [9.17, 15) is 14.4 Å².